The van der Waals surface area contributed by atoms with Crippen molar-refractivity contribution >= 4 is 59.0 Å². The van der Waals surface area contributed by atoms with Crippen LogP contribution in [0.15, 0.2) is 90.1 Å². The number of aliphatic imine (C=N–C) groups is 1. The Morgan fingerprint density at radius 2 is 1.53 bits per heavy atom. The Morgan fingerprint density at radius 3 is 2.23 bits per heavy atom. The second-order valence-corrected chi connectivity index (χ2v) is 16.5. The smallest absolute Gasteiger partial charge is 0.251 e. The lowest BCUT2D eigenvalue weighted by molar-refractivity contribution is -0.120. The zero-order chi connectivity index (χ0) is 49.7. The average Bonchev–Trinajstić information content (AvgIpc) is 3.50. The topological polar surface area (TPSA) is 195 Å². The molecule has 2 amide bonds. The Labute approximate surface area is 410 Å². The number of anilines is 3. The third-order valence-electron chi connectivity index (χ3n) is 11.1. The molecule has 70 heavy (non-hydrogen) atoms. The number of nitrogens with one attached hydrogen (secondary N) is 4. The number of fused-ring (bicyclic) bond motifs is 3. The molecule has 0 saturated carbocycles. The van der Waals surface area contributed by atoms with E-state index in [1.165, 1.54) is 18.2 Å². The lowest BCUT2D eigenvalue weighted by Crippen LogP contribution is -2.33. The van der Waals surface area contributed by atoms with E-state index >= 15 is 0 Å². The summed E-state index contributed by atoms with van der Waals surface area (Å²) in [7, 11) is 1.82. The maximum absolute atomic E-state index is 14.9. The molecule has 0 fully saturated rings. The fourth-order valence-corrected chi connectivity index (χ4v) is 7.64. The number of hydrogen-bond acceptors (Lipinski definition) is 14. The molecule has 6 rings (SSSR count). The summed E-state index contributed by atoms with van der Waals surface area (Å²) < 4.78 is 52.1. The predicted molar refractivity (Wildman–Crippen MR) is 263 cm³/mol. The maximum atomic E-state index is 14.9. The van der Waals surface area contributed by atoms with Crippen LogP contribution in [0.2, 0.25) is 5.02 Å². The molecule has 2 heterocycles. The first-order valence-corrected chi connectivity index (χ1v) is 23.3. The van der Waals surface area contributed by atoms with Crippen LogP contribution in [0.3, 0.4) is 0 Å². The minimum absolute atomic E-state index is 0.0900. The van der Waals surface area contributed by atoms with Gasteiger partial charge in [0.15, 0.2) is 0 Å². The zero-order valence-corrected chi connectivity index (χ0v) is 39.9. The Bertz CT molecular complexity index is 2570. The molecule has 0 aliphatic carbocycles. The third-order valence-corrected chi connectivity index (χ3v) is 11.3. The molecule has 5 aromatic rings. The van der Waals surface area contributed by atoms with Crippen molar-refractivity contribution in [2.45, 2.75) is 38.9 Å². The van der Waals surface area contributed by atoms with Gasteiger partial charge in [-0.15, -0.1) is 0 Å². The quantitative estimate of drug-likeness (QED) is 0.0289. The van der Waals surface area contributed by atoms with E-state index in [2.05, 4.69) is 31.2 Å². The molecular formula is C51H57ClF2N8O8. The first kappa shape index (κ1) is 53.0. The number of benzene rings is 4. The molecule has 1 aromatic heterocycles. The van der Waals surface area contributed by atoms with Crippen molar-refractivity contribution < 1.29 is 46.9 Å². The summed E-state index contributed by atoms with van der Waals surface area (Å²) in [6.07, 6.45) is 4.80. The molecule has 0 radical (unpaired) electrons. The van der Waals surface area contributed by atoms with E-state index in [4.69, 9.17) is 35.5 Å². The molecule has 1 unspecified atom stereocenters. The van der Waals surface area contributed by atoms with E-state index in [9.17, 15) is 28.0 Å². The van der Waals surface area contributed by atoms with E-state index in [1.807, 2.05) is 18.9 Å². The molecule has 19 heteroatoms. The molecule has 1 aliphatic rings. The van der Waals surface area contributed by atoms with Crippen LogP contribution in [-0.4, -0.2) is 131 Å². The first-order chi connectivity index (χ1) is 34.1. The van der Waals surface area contributed by atoms with E-state index in [0.717, 1.165) is 19.0 Å². The second kappa shape index (κ2) is 27.7. The molecule has 0 bridgehead atoms. The largest absolute Gasteiger partial charge is 0.378 e. The lowest BCUT2D eigenvalue weighted by Gasteiger charge is -2.25. The molecule has 1 atom stereocenters. The average molecular weight is 984 g/mol. The van der Waals surface area contributed by atoms with Gasteiger partial charge in [0, 0.05) is 82.2 Å². The predicted octanol–water partition coefficient (Wildman–Crippen LogP) is 6.81. The highest BCUT2D eigenvalue weighted by molar-refractivity contribution is 6.31. The normalized spacial score (nSPS) is 12.3. The molecule has 370 valence electrons. The Hall–Kier alpha value is -6.38. The van der Waals surface area contributed by atoms with Crippen molar-refractivity contribution in [3.05, 3.63) is 135 Å². The van der Waals surface area contributed by atoms with Gasteiger partial charge in [-0.3, -0.25) is 24.3 Å². The second-order valence-electron chi connectivity index (χ2n) is 16.1. The van der Waals surface area contributed by atoms with E-state index in [-0.39, 0.29) is 48.2 Å². The monoisotopic (exact) mass is 982 g/mol. The SMILES string of the molecule is CCCC(C=O)N(C)Cc1c(C=O)cccc1NC(=O)COCCNCCOCCOCCOCCNC(=O)c1ccc(Nc2ncc3c(n2)-c2ccc(Cl)cc2C(c2c(F)cccc2F)=NC3)cc1. The van der Waals surface area contributed by atoms with Gasteiger partial charge in [-0.05, 0) is 68.1 Å². The van der Waals surface area contributed by atoms with Gasteiger partial charge in [0.05, 0.1) is 75.8 Å². The minimum Gasteiger partial charge on any atom is -0.378 e. The van der Waals surface area contributed by atoms with Crippen molar-refractivity contribution in [1.29, 1.82) is 0 Å². The number of ether oxygens (including phenoxy) is 4. The fraction of sp³-hybridized carbons (Fsp3) is 0.353. The molecule has 0 saturated heterocycles. The molecule has 4 aromatic carbocycles. The number of carbonyl (C=O) groups is 4. The van der Waals surface area contributed by atoms with Crippen LogP contribution in [0.1, 0.15) is 62.7 Å². The number of halogens is 3. The summed E-state index contributed by atoms with van der Waals surface area (Å²) >= 11 is 6.34. The summed E-state index contributed by atoms with van der Waals surface area (Å²) in [4.78, 5) is 64.3. The van der Waals surface area contributed by atoms with Crippen molar-refractivity contribution in [3.8, 4) is 11.3 Å². The van der Waals surface area contributed by atoms with Crippen LogP contribution in [0.4, 0.5) is 26.1 Å². The molecular weight excluding hydrogens is 926 g/mol. The van der Waals surface area contributed by atoms with Crippen LogP contribution in [0, 0.1) is 11.6 Å². The van der Waals surface area contributed by atoms with Crippen LogP contribution in [0.25, 0.3) is 11.3 Å². The van der Waals surface area contributed by atoms with Gasteiger partial charge in [0.1, 0.15) is 30.8 Å². The van der Waals surface area contributed by atoms with Gasteiger partial charge < -0.3 is 45.0 Å². The summed E-state index contributed by atoms with van der Waals surface area (Å²) in [6.45, 7) is 6.25. The molecule has 4 N–H and O–H groups in total. The van der Waals surface area contributed by atoms with Gasteiger partial charge in [-0.1, -0.05) is 49.2 Å². The minimum atomic E-state index is -0.739. The van der Waals surface area contributed by atoms with Crippen LogP contribution < -0.4 is 21.3 Å². The fourth-order valence-electron chi connectivity index (χ4n) is 7.46. The van der Waals surface area contributed by atoms with Gasteiger partial charge in [0.25, 0.3) is 5.91 Å². The van der Waals surface area contributed by atoms with E-state index < -0.39 is 11.6 Å². The molecule has 16 nitrogen and oxygen atoms in total. The summed E-state index contributed by atoms with van der Waals surface area (Å²) in [5.74, 6) is -1.82. The van der Waals surface area contributed by atoms with Crippen LogP contribution >= 0.6 is 11.6 Å². The summed E-state index contributed by atoms with van der Waals surface area (Å²) in [6, 6.07) is 20.3. The number of nitrogens with zero attached hydrogens (tertiary/aromatic N) is 4. The van der Waals surface area contributed by atoms with Gasteiger partial charge in [0.2, 0.25) is 11.9 Å². The van der Waals surface area contributed by atoms with Crippen molar-refractivity contribution in [3.63, 3.8) is 0 Å². The van der Waals surface area contributed by atoms with Gasteiger partial charge in [-0.2, -0.15) is 0 Å². The number of amides is 2. The first-order valence-electron chi connectivity index (χ1n) is 22.9. The van der Waals surface area contributed by atoms with E-state index in [1.54, 1.807) is 66.9 Å². The standard InChI is InChI=1S/C51H57ClF2N8O8/c1-3-6-39(32-64)62(2)30-42-35(31-63)7-4-10-45(42)60-46(65)33-70-21-18-55-17-20-67-23-25-69-26-24-68-22-19-56-50(66)34-11-14-38(15-12-34)59-51-58-29-36-28-57-49(47-43(53)8-5-9-44(47)54)41-27-37(52)13-16-40(41)48(36)61-51/h4-5,7-16,27,29,31-32,39,55H,3,6,17-26,28,30,33H2,1-2H3,(H,56,66)(H,60,65)(H,58,59,61). The number of likely N-dealkylation sites (N-methyl/N-ethyl adjacent to an activating group) is 1. The molecule has 0 spiro atoms. The third kappa shape index (κ3) is 15.3. The highest BCUT2D eigenvalue weighted by Crippen LogP contribution is 2.35. The number of aromatic nitrogens is 2. The Kier molecular flexibility index (Phi) is 21.0. The highest BCUT2D eigenvalue weighted by Gasteiger charge is 2.26. The Morgan fingerprint density at radius 1 is 0.843 bits per heavy atom. The highest BCUT2D eigenvalue weighted by atomic mass is 35.5. The molecule has 1 aliphatic heterocycles. The number of carbonyl (C=O) groups excluding carboxylic acids is 4. The van der Waals surface area contributed by atoms with Crippen LogP contribution in [0.5, 0.6) is 0 Å². The maximum Gasteiger partial charge on any atom is 0.251 e. The van der Waals surface area contributed by atoms with Gasteiger partial charge >= 0.3 is 0 Å². The van der Waals surface area contributed by atoms with Crippen LogP contribution in [-0.2, 0) is 41.6 Å². The van der Waals surface area contributed by atoms with Crippen molar-refractivity contribution in [2.75, 3.05) is 90.2 Å². The lowest BCUT2D eigenvalue weighted by atomic mass is 9.95. The van der Waals surface area contributed by atoms with Gasteiger partial charge in [-0.25, -0.2) is 18.7 Å². The number of hydrogen-bond donors (Lipinski definition) is 4. The summed E-state index contributed by atoms with van der Waals surface area (Å²) in [5, 5.41) is 12.4. The zero-order valence-electron chi connectivity index (χ0n) is 39.1. The number of rotatable bonds is 29. The number of aldehydes is 2. The summed E-state index contributed by atoms with van der Waals surface area (Å²) in [5.41, 5.74) is 4.80. The van der Waals surface area contributed by atoms with E-state index in [0.29, 0.717) is 134 Å². The van der Waals surface area contributed by atoms with Crippen molar-refractivity contribution in [1.82, 2.24) is 25.5 Å². The Balaban J connectivity index is 0.794. The van der Waals surface area contributed by atoms with Crippen molar-refractivity contribution in [2.24, 2.45) is 4.99 Å².